The van der Waals surface area contributed by atoms with Gasteiger partial charge in [-0.3, -0.25) is 28.8 Å². The molecule has 2 N–H and O–H groups in total. The van der Waals surface area contributed by atoms with Gasteiger partial charge in [-0.25, -0.2) is 0 Å². The molecule has 0 aromatic carbocycles. The molecule has 2 saturated carbocycles. The number of hydrogen-bond acceptors (Lipinski definition) is 12. The lowest BCUT2D eigenvalue weighted by molar-refractivity contribution is -0.141. The molecule has 0 aromatic heterocycles. The number of hydrogen-bond donors (Lipinski definition) is 2. The molecule has 0 radical (unpaired) electrons. The molecule has 2 fully saturated rings. The van der Waals surface area contributed by atoms with Crippen LogP contribution in [0, 0.1) is 35.5 Å². The lowest BCUT2D eigenvalue weighted by atomic mass is 9.87. The molecule has 0 bridgehead atoms. The van der Waals surface area contributed by atoms with Crippen LogP contribution < -0.4 is 0 Å². The molecule has 12 nitrogen and oxygen atoms in total. The molecule has 70 heavy (non-hydrogen) atoms. The van der Waals surface area contributed by atoms with Gasteiger partial charge in [-0.1, -0.05) is 119 Å². The molecule has 14 heteroatoms. The maximum Gasteiger partial charge on any atom is 0.305 e. The maximum absolute atomic E-state index is 13.5. The zero-order valence-corrected chi connectivity index (χ0v) is 48.8. The summed E-state index contributed by atoms with van der Waals surface area (Å²) in [6.07, 6.45) is 16.4. The van der Waals surface area contributed by atoms with E-state index in [2.05, 4.69) is 112 Å². The first kappa shape index (κ1) is 65.4. The Labute approximate surface area is 426 Å². The van der Waals surface area contributed by atoms with Crippen LogP contribution in [0.25, 0.3) is 0 Å². The molecule has 2 rings (SSSR count). The number of Topliss-reactive ketones (excluding diaryl/α,β-unsaturated/α-hetero) is 4. The maximum atomic E-state index is 13.5. The van der Waals surface area contributed by atoms with Gasteiger partial charge in [-0.05, 0) is 86.6 Å². The molecule has 0 aliphatic heterocycles. The number of carbonyl (C=O) groups is 6. The summed E-state index contributed by atoms with van der Waals surface area (Å²) in [5, 5.41) is 20.5. The molecule has 4 unspecified atom stereocenters. The molecule has 0 amide bonds. The summed E-state index contributed by atoms with van der Waals surface area (Å²) >= 11 is 0. The van der Waals surface area contributed by atoms with E-state index in [9.17, 15) is 39.0 Å². The van der Waals surface area contributed by atoms with Gasteiger partial charge in [0.15, 0.2) is 16.6 Å². The minimum atomic E-state index is -2.15. The first-order valence-electron chi connectivity index (χ1n) is 26.7. The van der Waals surface area contributed by atoms with Crippen LogP contribution in [-0.4, -0.2) is 101 Å². The lowest BCUT2D eigenvalue weighted by Gasteiger charge is -2.40. The van der Waals surface area contributed by atoms with Crippen molar-refractivity contribution in [1.82, 2.24) is 0 Å². The van der Waals surface area contributed by atoms with Crippen LogP contribution >= 0.6 is 0 Å². The summed E-state index contributed by atoms with van der Waals surface area (Å²) in [6.45, 7) is 31.2. The van der Waals surface area contributed by atoms with Crippen molar-refractivity contribution >= 4 is 51.7 Å². The summed E-state index contributed by atoms with van der Waals surface area (Å²) in [5.74, 6) is -1.04. The monoisotopic (exact) mass is 1020 g/mol. The van der Waals surface area contributed by atoms with Crippen molar-refractivity contribution in [1.29, 1.82) is 0 Å². The average Bonchev–Trinajstić information content (AvgIpc) is 3.68. The fraction of sp³-hybridized carbons (Fsp3) is 0.821. The fourth-order valence-corrected chi connectivity index (χ4v) is 11.7. The van der Waals surface area contributed by atoms with Crippen molar-refractivity contribution in [3.63, 3.8) is 0 Å². The van der Waals surface area contributed by atoms with Crippen molar-refractivity contribution in [2.24, 2.45) is 35.5 Å². The van der Waals surface area contributed by atoms with Crippen molar-refractivity contribution in [2.75, 3.05) is 14.2 Å². The third-order valence-electron chi connectivity index (χ3n) is 15.4. The van der Waals surface area contributed by atoms with Crippen LogP contribution in [0.1, 0.15) is 185 Å². The Kier molecular flexibility index (Phi) is 29.1. The molecule has 0 spiro atoms. The highest BCUT2D eigenvalue weighted by Crippen LogP contribution is 2.44. The highest BCUT2D eigenvalue weighted by Gasteiger charge is 2.48. The Bertz CT molecular complexity index is 1690. The summed E-state index contributed by atoms with van der Waals surface area (Å²) in [6, 6.07) is 0. The molecule has 2 aliphatic carbocycles. The first-order valence-corrected chi connectivity index (χ1v) is 32.6. The van der Waals surface area contributed by atoms with Crippen LogP contribution in [0.5, 0.6) is 0 Å². The van der Waals surface area contributed by atoms with Crippen LogP contribution in [0.3, 0.4) is 0 Å². The van der Waals surface area contributed by atoms with E-state index in [4.69, 9.17) is 13.6 Å². The number of methoxy groups -OCH3 is 2. The first-order chi connectivity index (χ1) is 32.4. The Hall–Kier alpha value is -2.63. The molecule has 404 valence electrons. The molecule has 2 aliphatic rings. The zero-order chi connectivity index (χ0) is 53.6. The summed E-state index contributed by atoms with van der Waals surface area (Å²) in [4.78, 5) is 73.5. The second kappa shape index (κ2) is 31.2. The van der Waals surface area contributed by atoms with E-state index in [1.807, 2.05) is 0 Å². The quantitative estimate of drug-likeness (QED) is 0.0301. The number of aliphatic hydroxyl groups is 2. The largest absolute Gasteiger partial charge is 0.469 e. The van der Waals surface area contributed by atoms with Gasteiger partial charge in [0.1, 0.15) is 23.1 Å². The Balaban J connectivity index is 0.000000758. The van der Waals surface area contributed by atoms with E-state index >= 15 is 0 Å². The van der Waals surface area contributed by atoms with Gasteiger partial charge in [0.25, 0.3) is 0 Å². The number of aliphatic hydroxyl groups excluding tert-OH is 2. The lowest BCUT2D eigenvalue weighted by Crippen LogP contribution is -2.45. The number of esters is 2. The van der Waals surface area contributed by atoms with E-state index in [-0.39, 0.29) is 94.9 Å². The molecule has 10 atom stereocenters. The smallest absolute Gasteiger partial charge is 0.305 e. The summed E-state index contributed by atoms with van der Waals surface area (Å²) in [5.41, 5.74) is 0. The minimum Gasteiger partial charge on any atom is -0.469 e. The average molecular weight is 1020 g/mol. The van der Waals surface area contributed by atoms with Gasteiger partial charge < -0.3 is 28.5 Å². The molecular weight excluding hydrogens is 921 g/mol. The zero-order valence-electron chi connectivity index (χ0n) is 46.8. The number of carbonyl (C=O) groups excluding carboxylic acids is 6. The van der Waals surface area contributed by atoms with Crippen molar-refractivity contribution in [3.05, 3.63) is 24.3 Å². The number of ketones is 4. The van der Waals surface area contributed by atoms with E-state index in [1.54, 1.807) is 12.2 Å². The number of ether oxygens (including phenoxy) is 2. The third-order valence-corrected chi connectivity index (χ3v) is 24.4. The van der Waals surface area contributed by atoms with E-state index in [0.29, 0.717) is 69.6 Å². The van der Waals surface area contributed by atoms with Gasteiger partial charge >= 0.3 is 11.9 Å². The highest BCUT2D eigenvalue weighted by atomic mass is 28.4. The van der Waals surface area contributed by atoms with Crippen LogP contribution in [0.2, 0.25) is 36.3 Å². The van der Waals surface area contributed by atoms with E-state index in [0.717, 1.165) is 32.1 Å². The third kappa shape index (κ3) is 23.5. The van der Waals surface area contributed by atoms with Crippen LogP contribution in [-0.2, 0) is 47.1 Å². The SMILES string of the molecule is CCC[C@H](C)CC(/C=C/[C@H]1C(O[Si](C)(C)C(C)(C)C)CC(=O)[C@@H]1CC(=O)CCCCC(=O)OC)O[Si](C)(C)C(C)(C)C.CCC[C@H](C)CC(O)/C=C/[C@H]1C(O)CC(=O)[C@@H]1CC(=O)CCCCC(=O)OC. The van der Waals surface area contributed by atoms with Crippen molar-refractivity contribution < 1.29 is 57.3 Å². The normalized spacial score (nSPS) is 23.0. The van der Waals surface area contributed by atoms with Gasteiger partial charge in [-0.15, -0.1) is 0 Å². The van der Waals surface area contributed by atoms with E-state index in [1.165, 1.54) is 14.2 Å². The number of rotatable bonds is 30. The fourth-order valence-electron chi connectivity index (χ4n) is 9.05. The predicted molar refractivity (Wildman–Crippen MR) is 285 cm³/mol. The van der Waals surface area contributed by atoms with Gasteiger partial charge in [0.05, 0.1) is 38.6 Å². The Morgan fingerprint density at radius 3 is 1.54 bits per heavy atom. The van der Waals surface area contributed by atoms with Gasteiger partial charge in [-0.2, -0.15) is 0 Å². The molecule has 0 heterocycles. The van der Waals surface area contributed by atoms with Crippen molar-refractivity contribution in [3.8, 4) is 0 Å². The topological polar surface area (TPSA) is 180 Å². The second-order valence-corrected chi connectivity index (χ2v) is 33.3. The van der Waals surface area contributed by atoms with Crippen LogP contribution in [0.15, 0.2) is 24.3 Å². The van der Waals surface area contributed by atoms with E-state index < -0.39 is 40.7 Å². The summed E-state index contributed by atoms with van der Waals surface area (Å²) in [7, 11) is -1.47. The predicted octanol–water partition coefficient (Wildman–Crippen LogP) is 12.0. The summed E-state index contributed by atoms with van der Waals surface area (Å²) < 4.78 is 23.1. The minimum absolute atomic E-state index is 0.0153. The number of unbranched alkanes of at least 4 members (excludes halogenated alkanes) is 2. The Morgan fingerprint density at radius 1 is 0.657 bits per heavy atom. The van der Waals surface area contributed by atoms with Crippen molar-refractivity contribution in [2.45, 2.75) is 245 Å². The molecular formula is C56H100O12Si2. The van der Waals surface area contributed by atoms with Crippen LogP contribution in [0.4, 0.5) is 0 Å². The molecule has 0 saturated heterocycles. The Morgan fingerprint density at radius 2 is 1.09 bits per heavy atom. The van der Waals surface area contributed by atoms with Gasteiger partial charge in [0.2, 0.25) is 0 Å². The van der Waals surface area contributed by atoms with Gasteiger partial charge in [0, 0.05) is 75.0 Å². The highest BCUT2D eigenvalue weighted by molar-refractivity contribution is 6.74. The molecule has 0 aromatic rings. The second-order valence-electron chi connectivity index (χ2n) is 23.8. The standard InChI is InChI=1S/C34H64O6Si2.C22H36O6/c1-14-17-25(2)22-27(39-41(10,11)33(3,4)5)20-21-28-29(23-26(35)18-15-16-19-32(37)38-9)30(36)24-31(28)40-42(12,13)34(6,7)8;1-4-7-15(2)12-17(24)10-11-18-19(21(26)14-20(18)25)13-16(23)8-5-6-9-22(27)28-3/h20-21,25,27-29,31H,14-19,22-24H2,1-13H3;10-11,15,17-20,24-25H,4-9,12-14H2,1-3H3/b21-20+;11-10+/t25-,27?,28+,29+,31?;15-,17?,18+,19+,20?/m00/s1.